The van der Waals surface area contributed by atoms with Gasteiger partial charge >= 0.3 is 0 Å². The molecular weight excluding hydrogens is 442 g/mol. The summed E-state index contributed by atoms with van der Waals surface area (Å²) in [6, 6.07) is 0. The molecule has 1 aliphatic heterocycles. The summed E-state index contributed by atoms with van der Waals surface area (Å²) < 4.78 is 55.7. The SMILES string of the molecule is Cn1cc(S(=O)(=O)N2CCN(C(=O)Cn3nc(C(F)F)c(Cl)c3C3CC3)CC2)cn1. The Morgan fingerprint density at radius 2 is 1.93 bits per heavy atom. The lowest BCUT2D eigenvalue weighted by atomic mass is 10.2. The van der Waals surface area contributed by atoms with Crippen molar-refractivity contribution >= 4 is 27.5 Å². The average Bonchev–Trinajstić information content (AvgIpc) is 3.34. The molecule has 0 bridgehead atoms. The van der Waals surface area contributed by atoms with Gasteiger partial charge in [-0.25, -0.2) is 17.2 Å². The summed E-state index contributed by atoms with van der Waals surface area (Å²) in [6.45, 7) is 0.483. The topological polar surface area (TPSA) is 93.3 Å². The van der Waals surface area contributed by atoms with Gasteiger partial charge in [-0.2, -0.15) is 14.5 Å². The van der Waals surface area contributed by atoms with Crippen LogP contribution in [-0.2, 0) is 28.4 Å². The molecule has 9 nitrogen and oxygen atoms in total. The smallest absolute Gasteiger partial charge is 0.283 e. The van der Waals surface area contributed by atoms with E-state index in [1.54, 1.807) is 7.05 Å². The van der Waals surface area contributed by atoms with E-state index in [1.165, 1.54) is 31.0 Å². The van der Waals surface area contributed by atoms with Crippen LogP contribution in [0.15, 0.2) is 17.3 Å². The van der Waals surface area contributed by atoms with E-state index >= 15 is 0 Å². The van der Waals surface area contributed by atoms with Crippen LogP contribution in [0.3, 0.4) is 0 Å². The van der Waals surface area contributed by atoms with E-state index in [2.05, 4.69) is 10.2 Å². The molecule has 0 aromatic carbocycles. The van der Waals surface area contributed by atoms with Gasteiger partial charge in [0.2, 0.25) is 15.9 Å². The Hall–Kier alpha value is -2.05. The molecule has 4 rings (SSSR count). The van der Waals surface area contributed by atoms with Gasteiger partial charge in [-0.3, -0.25) is 14.2 Å². The first-order valence-electron chi connectivity index (χ1n) is 9.49. The normalized spacial score (nSPS) is 18.4. The third-order valence-electron chi connectivity index (χ3n) is 5.32. The highest BCUT2D eigenvalue weighted by Crippen LogP contribution is 2.45. The van der Waals surface area contributed by atoms with E-state index in [4.69, 9.17) is 11.6 Å². The quantitative estimate of drug-likeness (QED) is 0.650. The maximum Gasteiger partial charge on any atom is 0.283 e. The van der Waals surface area contributed by atoms with E-state index in [0.717, 1.165) is 12.8 Å². The van der Waals surface area contributed by atoms with Gasteiger partial charge in [0.05, 0.1) is 16.9 Å². The lowest BCUT2D eigenvalue weighted by molar-refractivity contribution is -0.133. The number of amides is 1. The number of halogens is 3. The first kappa shape index (κ1) is 21.2. The molecule has 0 atom stereocenters. The Labute approximate surface area is 177 Å². The molecular formula is C17H21ClF2N6O3S. The van der Waals surface area contributed by atoms with Crippen LogP contribution < -0.4 is 0 Å². The molecule has 0 radical (unpaired) electrons. The molecule has 1 saturated carbocycles. The Morgan fingerprint density at radius 3 is 2.47 bits per heavy atom. The molecule has 1 amide bonds. The largest absolute Gasteiger partial charge is 0.338 e. The van der Waals surface area contributed by atoms with Crippen LogP contribution in [0.1, 0.15) is 36.6 Å². The van der Waals surface area contributed by atoms with Crippen LogP contribution in [0.4, 0.5) is 8.78 Å². The molecule has 13 heteroatoms. The number of nitrogens with zero attached hydrogens (tertiary/aromatic N) is 6. The van der Waals surface area contributed by atoms with Crippen LogP contribution in [0.2, 0.25) is 5.02 Å². The summed E-state index contributed by atoms with van der Waals surface area (Å²) in [6.07, 6.45) is 1.55. The predicted molar refractivity (Wildman–Crippen MR) is 103 cm³/mol. The number of aryl methyl sites for hydroxylation is 1. The van der Waals surface area contributed by atoms with Crippen molar-refractivity contribution < 1.29 is 22.0 Å². The number of sulfonamides is 1. The molecule has 2 aromatic heterocycles. The highest BCUT2D eigenvalue weighted by Gasteiger charge is 2.36. The Morgan fingerprint density at radius 1 is 1.27 bits per heavy atom. The summed E-state index contributed by atoms with van der Waals surface area (Å²) in [5.74, 6) is -0.262. The molecule has 2 aliphatic rings. The fourth-order valence-electron chi connectivity index (χ4n) is 3.57. The van der Waals surface area contributed by atoms with E-state index in [-0.39, 0.29) is 54.5 Å². The fraction of sp³-hybridized carbons (Fsp3) is 0.588. The lowest BCUT2D eigenvalue weighted by Crippen LogP contribution is -2.51. The van der Waals surface area contributed by atoms with Crippen LogP contribution >= 0.6 is 11.6 Å². The molecule has 1 aliphatic carbocycles. The van der Waals surface area contributed by atoms with Gasteiger partial charge in [0.25, 0.3) is 6.43 Å². The van der Waals surface area contributed by atoms with Crippen molar-refractivity contribution in [3.8, 4) is 0 Å². The Balaban J connectivity index is 1.43. The first-order valence-corrected chi connectivity index (χ1v) is 11.3. The van der Waals surface area contributed by atoms with Gasteiger partial charge in [-0.1, -0.05) is 11.6 Å². The van der Waals surface area contributed by atoms with Gasteiger partial charge in [0.15, 0.2) is 0 Å². The average molecular weight is 463 g/mol. The Kier molecular flexibility index (Phi) is 5.58. The van der Waals surface area contributed by atoms with E-state index < -0.39 is 22.1 Å². The van der Waals surface area contributed by atoms with Crippen molar-refractivity contribution in [2.24, 2.45) is 7.05 Å². The molecule has 2 aromatic rings. The maximum absolute atomic E-state index is 13.2. The van der Waals surface area contributed by atoms with Crippen molar-refractivity contribution in [2.75, 3.05) is 26.2 Å². The molecule has 30 heavy (non-hydrogen) atoms. The number of aromatic nitrogens is 4. The van der Waals surface area contributed by atoms with Crippen molar-refractivity contribution in [3.05, 3.63) is 28.8 Å². The van der Waals surface area contributed by atoms with Crippen LogP contribution in [0.25, 0.3) is 0 Å². The second-order valence-electron chi connectivity index (χ2n) is 7.45. The molecule has 164 valence electrons. The summed E-state index contributed by atoms with van der Waals surface area (Å²) >= 11 is 6.09. The number of piperazine rings is 1. The molecule has 2 fully saturated rings. The molecule has 3 heterocycles. The van der Waals surface area contributed by atoms with E-state index in [0.29, 0.717) is 5.69 Å². The molecule has 0 unspecified atom stereocenters. The first-order chi connectivity index (χ1) is 14.2. The van der Waals surface area contributed by atoms with Crippen molar-refractivity contribution in [3.63, 3.8) is 0 Å². The van der Waals surface area contributed by atoms with Crippen molar-refractivity contribution in [2.45, 2.75) is 36.6 Å². The minimum Gasteiger partial charge on any atom is -0.338 e. The summed E-state index contributed by atoms with van der Waals surface area (Å²) in [5, 5.41) is 7.70. The standard InChI is InChI=1S/C17H21ClF2N6O3S/c1-23-9-12(8-21-23)30(28,29)25-6-4-24(5-7-25)13(27)10-26-16(11-2-3-11)14(18)15(22-26)17(19)20/h8-9,11,17H,2-7,10H2,1H3. The van der Waals surface area contributed by atoms with Crippen molar-refractivity contribution in [1.29, 1.82) is 0 Å². The van der Waals surface area contributed by atoms with Crippen molar-refractivity contribution in [1.82, 2.24) is 28.8 Å². The Bertz CT molecular complexity index is 1060. The van der Waals surface area contributed by atoms with Crippen LogP contribution in [-0.4, -0.2) is 69.3 Å². The summed E-state index contributed by atoms with van der Waals surface area (Å²) in [7, 11) is -2.05. The minimum atomic E-state index is -3.68. The zero-order valence-electron chi connectivity index (χ0n) is 16.2. The third kappa shape index (κ3) is 3.95. The number of rotatable bonds is 6. The fourth-order valence-corrected chi connectivity index (χ4v) is 5.35. The predicted octanol–water partition coefficient (Wildman–Crippen LogP) is 1.62. The van der Waals surface area contributed by atoms with E-state index in [9.17, 15) is 22.0 Å². The monoisotopic (exact) mass is 462 g/mol. The van der Waals surface area contributed by atoms with Gasteiger partial charge in [-0.15, -0.1) is 0 Å². The molecule has 0 spiro atoms. The number of carbonyl (C=O) groups excluding carboxylic acids is 1. The van der Waals surface area contributed by atoms with Gasteiger partial charge in [-0.05, 0) is 12.8 Å². The van der Waals surface area contributed by atoms with Gasteiger partial charge < -0.3 is 4.90 Å². The summed E-state index contributed by atoms with van der Waals surface area (Å²) in [4.78, 5) is 14.4. The number of alkyl halides is 2. The second-order valence-corrected chi connectivity index (χ2v) is 9.77. The zero-order valence-corrected chi connectivity index (χ0v) is 17.8. The van der Waals surface area contributed by atoms with Crippen LogP contribution in [0.5, 0.6) is 0 Å². The summed E-state index contributed by atoms with van der Waals surface area (Å²) in [5.41, 5.74) is -0.0168. The van der Waals surface area contributed by atoms with E-state index in [1.807, 2.05) is 0 Å². The second kappa shape index (κ2) is 7.89. The molecule has 0 N–H and O–H groups in total. The van der Waals surface area contributed by atoms with Gasteiger partial charge in [0, 0.05) is 45.3 Å². The van der Waals surface area contributed by atoms with Gasteiger partial charge in [0.1, 0.15) is 17.1 Å². The highest BCUT2D eigenvalue weighted by atomic mass is 35.5. The number of hydrogen-bond donors (Lipinski definition) is 0. The number of hydrogen-bond acceptors (Lipinski definition) is 5. The highest BCUT2D eigenvalue weighted by molar-refractivity contribution is 7.89. The zero-order chi connectivity index (χ0) is 21.6. The van der Waals surface area contributed by atoms with Crippen LogP contribution in [0, 0.1) is 0 Å². The number of carbonyl (C=O) groups is 1. The maximum atomic E-state index is 13.2. The lowest BCUT2D eigenvalue weighted by Gasteiger charge is -2.33. The third-order valence-corrected chi connectivity index (χ3v) is 7.56. The minimum absolute atomic E-state index is 0.0479. The molecule has 1 saturated heterocycles.